The lowest BCUT2D eigenvalue weighted by Crippen LogP contribution is -2.07. The van der Waals surface area contributed by atoms with Crippen molar-refractivity contribution in [1.29, 1.82) is 0 Å². The first-order chi connectivity index (χ1) is 8.63. The molecule has 0 heterocycles. The summed E-state index contributed by atoms with van der Waals surface area (Å²) in [5, 5.41) is 0. The summed E-state index contributed by atoms with van der Waals surface area (Å²) in [6.07, 6.45) is 0. The summed E-state index contributed by atoms with van der Waals surface area (Å²) >= 11 is 0. The third-order valence-corrected chi connectivity index (χ3v) is 2.74. The van der Waals surface area contributed by atoms with Crippen LogP contribution in [0.4, 0.5) is 11.4 Å². The normalized spacial score (nSPS) is 9.53. The van der Waals surface area contributed by atoms with Gasteiger partial charge in [0, 0.05) is 11.1 Å². The first-order valence-electron chi connectivity index (χ1n) is 5.46. The highest BCUT2D eigenvalue weighted by atomic mass is 35.5. The summed E-state index contributed by atoms with van der Waals surface area (Å²) in [6, 6.07) is 11.9. The van der Waals surface area contributed by atoms with Crippen molar-refractivity contribution >= 4 is 29.6 Å². The van der Waals surface area contributed by atoms with Crippen molar-refractivity contribution in [3.8, 4) is 5.75 Å². The van der Waals surface area contributed by atoms with Crippen molar-refractivity contribution in [3.63, 3.8) is 0 Å². The van der Waals surface area contributed by atoms with E-state index in [4.69, 9.17) is 16.2 Å². The summed E-state index contributed by atoms with van der Waals surface area (Å²) in [4.78, 5) is 12.2. The maximum atomic E-state index is 12.2. The molecule has 0 unspecified atom stereocenters. The van der Waals surface area contributed by atoms with E-state index in [9.17, 15) is 4.79 Å². The minimum atomic E-state index is -0.151. The van der Waals surface area contributed by atoms with Crippen molar-refractivity contribution in [2.24, 2.45) is 0 Å². The van der Waals surface area contributed by atoms with Gasteiger partial charge in [-0.25, -0.2) is 0 Å². The number of nitrogen functional groups attached to an aromatic ring is 2. The number of methoxy groups -OCH3 is 1. The predicted octanol–water partition coefficient (Wildman–Crippen LogP) is 2.51. The number of carbonyl (C=O) groups is 1. The van der Waals surface area contributed by atoms with Crippen LogP contribution in [-0.2, 0) is 0 Å². The SMILES string of the molecule is COc1ccc(C(=O)c2cccc(N)c2N)cc1.Cl. The molecule has 0 aliphatic carbocycles. The molecule has 0 saturated heterocycles. The van der Waals surface area contributed by atoms with Gasteiger partial charge < -0.3 is 16.2 Å². The Morgan fingerprint density at radius 3 is 2.26 bits per heavy atom. The second kappa shape index (κ2) is 6.11. The van der Waals surface area contributed by atoms with Gasteiger partial charge in [0.25, 0.3) is 0 Å². The number of hydrogen-bond donors (Lipinski definition) is 2. The maximum absolute atomic E-state index is 12.2. The molecule has 0 radical (unpaired) electrons. The van der Waals surface area contributed by atoms with E-state index < -0.39 is 0 Å². The summed E-state index contributed by atoms with van der Waals surface area (Å²) < 4.78 is 5.04. The molecule has 0 aromatic heterocycles. The Morgan fingerprint density at radius 1 is 1.05 bits per heavy atom. The number of rotatable bonds is 3. The molecule has 0 fully saturated rings. The van der Waals surface area contributed by atoms with Crippen LogP contribution in [0, 0.1) is 0 Å². The van der Waals surface area contributed by atoms with Gasteiger partial charge in [0.15, 0.2) is 5.78 Å². The average molecular weight is 279 g/mol. The average Bonchev–Trinajstić information content (AvgIpc) is 2.41. The Labute approximate surface area is 117 Å². The summed E-state index contributed by atoms with van der Waals surface area (Å²) in [7, 11) is 1.58. The van der Waals surface area contributed by atoms with E-state index in [0.717, 1.165) is 0 Å². The maximum Gasteiger partial charge on any atom is 0.195 e. The van der Waals surface area contributed by atoms with Gasteiger partial charge >= 0.3 is 0 Å². The minimum Gasteiger partial charge on any atom is -0.497 e. The van der Waals surface area contributed by atoms with E-state index in [0.29, 0.717) is 28.3 Å². The van der Waals surface area contributed by atoms with Gasteiger partial charge in [-0.15, -0.1) is 12.4 Å². The number of nitrogens with two attached hydrogens (primary N) is 2. The third kappa shape index (κ3) is 2.98. The fourth-order valence-corrected chi connectivity index (χ4v) is 1.68. The van der Waals surface area contributed by atoms with Gasteiger partial charge in [0.05, 0.1) is 18.5 Å². The van der Waals surface area contributed by atoms with Gasteiger partial charge in [-0.1, -0.05) is 6.07 Å². The Balaban J connectivity index is 0.00000180. The minimum absolute atomic E-state index is 0. The molecule has 0 saturated carbocycles. The number of hydrogen-bond acceptors (Lipinski definition) is 4. The molecule has 4 nitrogen and oxygen atoms in total. The zero-order valence-electron chi connectivity index (χ0n) is 10.4. The molecule has 2 aromatic rings. The van der Waals surface area contributed by atoms with E-state index in [1.807, 2.05) is 0 Å². The molecule has 4 N–H and O–H groups in total. The van der Waals surface area contributed by atoms with Crippen molar-refractivity contribution in [2.45, 2.75) is 0 Å². The van der Waals surface area contributed by atoms with Crippen LogP contribution in [0.3, 0.4) is 0 Å². The second-order valence-corrected chi connectivity index (χ2v) is 3.87. The molecule has 0 atom stereocenters. The summed E-state index contributed by atoms with van der Waals surface area (Å²) in [5.74, 6) is 0.551. The second-order valence-electron chi connectivity index (χ2n) is 3.87. The predicted molar refractivity (Wildman–Crippen MR) is 78.9 cm³/mol. The highest BCUT2D eigenvalue weighted by molar-refractivity contribution is 6.13. The lowest BCUT2D eigenvalue weighted by atomic mass is 10.0. The summed E-state index contributed by atoms with van der Waals surface area (Å²) in [6.45, 7) is 0. The monoisotopic (exact) mass is 278 g/mol. The van der Waals surface area contributed by atoms with Crippen LogP contribution < -0.4 is 16.2 Å². The number of ketones is 1. The van der Waals surface area contributed by atoms with Crippen molar-refractivity contribution < 1.29 is 9.53 Å². The molecule has 5 heteroatoms. The molecule has 0 spiro atoms. The number of carbonyl (C=O) groups excluding carboxylic acids is 1. The lowest BCUT2D eigenvalue weighted by molar-refractivity contribution is 0.103. The number of ether oxygens (including phenoxy) is 1. The summed E-state index contributed by atoms with van der Waals surface area (Å²) in [5.41, 5.74) is 13.2. The van der Waals surface area contributed by atoms with Gasteiger partial charge in [0.2, 0.25) is 0 Å². The van der Waals surface area contributed by atoms with Gasteiger partial charge in [0.1, 0.15) is 5.75 Å². The van der Waals surface area contributed by atoms with E-state index in [1.54, 1.807) is 49.6 Å². The first-order valence-corrected chi connectivity index (χ1v) is 5.46. The topological polar surface area (TPSA) is 78.3 Å². The van der Waals surface area contributed by atoms with Crippen molar-refractivity contribution in [2.75, 3.05) is 18.6 Å². The van der Waals surface area contributed by atoms with E-state index >= 15 is 0 Å². The molecule has 2 rings (SSSR count). The zero-order chi connectivity index (χ0) is 13.1. The molecule has 0 aliphatic heterocycles. The number of anilines is 2. The molecule has 0 bridgehead atoms. The number of halogens is 1. The fourth-order valence-electron chi connectivity index (χ4n) is 1.68. The van der Waals surface area contributed by atoms with Gasteiger partial charge in [-0.2, -0.15) is 0 Å². The first kappa shape index (κ1) is 14.9. The van der Waals surface area contributed by atoms with E-state index in [-0.39, 0.29) is 18.2 Å². The molecular weight excluding hydrogens is 264 g/mol. The van der Waals surface area contributed by atoms with Crippen molar-refractivity contribution in [1.82, 2.24) is 0 Å². The molecular formula is C14H15ClN2O2. The number of para-hydroxylation sites is 1. The zero-order valence-corrected chi connectivity index (χ0v) is 11.2. The largest absolute Gasteiger partial charge is 0.497 e. The van der Waals surface area contributed by atoms with Gasteiger partial charge in [-0.3, -0.25) is 4.79 Å². The van der Waals surface area contributed by atoms with Crippen LogP contribution in [0.5, 0.6) is 5.75 Å². The van der Waals surface area contributed by atoms with Gasteiger partial charge in [-0.05, 0) is 36.4 Å². The Hall–Kier alpha value is -2.20. The highest BCUT2D eigenvalue weighted by Gasteiger charge is 2.13. The molecule has 2 aromatic carbocycles. The quantitative estimate of drug-likeness (QED) is 0.668. The van der Waals surface area contributed by atoms with Crippen LogP contribution >= 0.6 is 12.4 Å². The fraction of sp³-hybridized carbons (Fsp3) is 0.0714. The highest BCUT2D eigenvalue weighted by Crippen LogP contribution is 2.23. The van der Waals surface area contributed by atoms with Crippen LogP contribution in [0.1, 0.15) is 15.9 Å². The van der Waals surface area contributed by atoms with Crippen LogP contribution in [0.15, 0.2) is 42.5 Å². The third-order valence-electron chi connectivity index (χ3n) is 2.74. The Morgan fingerprint density at radius 2 is 1.68 bits per heavy atom. The molecule has 19 heavy (non-hydrogen) atoms. The molecule has 0 amide bonds. The molecule has 0 aliphatic rings. The van der Waals surface area contributed by atoms with Crippen LogP contribution in [0.25, 0.3) is 0 Å². The lowest BCUT2D eigenvalue weighted by Gasteiger charge is -2.07. The molecule has 100 valence electrons. The Kier molecular flexibility index (Phi) is 4.78. The van der Waals surface area contributed by atoms with E-state index in [1.165, 1.54) is 0 Å². The smallest absolute Gasteiger partial charge is 0.195 e. The number of benzene rings is 2. The standard InChI is InChI=1S/C14H14N2O2.ClH/c1-18-10-7-5-9(6-8-10)14(17)11-3-2-4-12(15)13(11)16;/h2-8H,15-16H2,1H3;1H. The Bertz CT molecular complexity index is 582. The van der Waals surface area contributed by atoms with E-state index in [2.05, 4.69) is 0 Å². The van der Waals surface area contributed by atoms with Crippen LogP contribution in [0.2, 0.25) is 0 Å². The van der Waals surface area contributed by atoms with Crippen LogP contribution in [-0.4, -0.2) is 12.9 Å². The van der Waals surface area contributed by atoms with Crippen molar-refractivity contribution in [3.05, 3.63) is 53.6 Å².